The summed E-state index contributed by atoms with van der Waals surface area (Å²) in [7, 11) is 0. The van der Waals surface area contributed by atoms with Crippen LogP contribution in [0.4, 0.5) is 0 Å². The number of hydrogen-bond acceptors (Lipinski definition) is 4. The van der Waals surface area contributed by atoms with Gasteiger partial charge in [0.05, 0.1) is 6.54 Å². The van der Waals surface area contributed by atoms with E-state index in [9.17, 15) is 4.79 Å². The predicted molar refractivity (Wildman–Crippen MR) is 112 cm³/mol. The molecular weight excluding hydrogens is 364 g/mol. The second kappa shape index (κ2) is 8.21. The van der Waals surface area contributed by atoms with Crippen LogP contribution < -0.4 is 15.0 Å². The Balaban J connectivity index is 1.22. The molecule has 1 aromatic carbocycles. The molecule has 0 amide bonds. The average molecular weight is 395 g/mol. The highest BCUT2D eigenvalue weighted by atomic mass is 16.6. The van der Waals surface area contributed by atoms with Crippen molar-refractivity contribution in [2.45, 2.75) is 82.3 Å². The molecule has 0 N–H and O–H groups in total. The summed E-state index contributed by atoms with van der Waals surface area (Å²) in [6.45, 7) is 1.17. The molecule has 2 heterocycles. The summed E-state index contributed by atoms with van der Waals surface area (Å²) in [5, 5.41) is 0. The van der Waals surface area contributed by atoms with Gasteiger partial charge in [0.2, 0.25) is 0 Å². The minimum atomic E-state index is -0.196. The Morgan fingerprint density at radius 3 is 2.41 bits per heavy atom. The molecule has 29 heavy (non-hydrogen) atoms. The highest BCUT2D eigenvalue weighted by Gasteiger charge is 2.30. The Morgan fingerprint density at radius 2 is 1.66 bits per heavy atom. The van der Waals surface area contributed by atoms with Crippen molar-refractivity contribution in [2.24, 2.45) is 0 Å². The largest absolute Gasteiger partial charge is 0.490 e. The van der Waals surface area contributed by atoms with E-state index in [0.29, 0.717) is 31.0 Å². The van der Waals surface area contributed by atoms with Crippen molar-refractivity contribution in [3.8, 4) is 11.8 Å². The first-order chi connectivity index (χ1) is 14.3. The van der Waals surface area contributed by atoms with E-state index in [0.717, 1.165) is 24.3 Å². The van der Waals surface area contributed by atoms with Crippen LogP contribution in [0.1, 0.15) is 80.9 Å². The maximum atomic E-state index is 12.0. The predicted octanol–water partition coefficient (Wildman–Crippen LogP) is 4.79. The fourth-order valence-electron chi connectivity index (χ4n) is 5.27. The molecular formula is C24H30N2O3. The molecule has 0 radical (unpaired) electrons. The number of rotatable bonds is 5. The average Bonchev–Trinajstić information content (AvgIpc) is 3.42. The lowest BCUT2D eigenvalue weighted by Crippen LogP contribution is -2.23. The molecule has 5 heteroatoms. The topological polar surface area (TPSA) is 53.4 Å². The van der Waals surface area contributed by atoms with E-state index in [1.165, 1.54) is 50.5 Å². The quantitative estimate of drug-likeness (QED) is 0.732. The lowest BCUT2D eigenvalue weighted by atomic mass is 9.84. The molecule has 1 aromatic heterocycles. The van der Waals surface area contributed by atoms with Crippen molar-refractivity contribution >= 4 is 0 Å². The number of hydrogen-bond donors (Lipinski definition) is 0. The van der Waals surface area contributed by atoms with Crippen molar-refractivity contribution < 1.29 is 9.47 Å². The van der Waals surface area contributed by atoms with Gasteiger partial charge in [0.15, 0.2) is 6.10 Å². The summed E-state index contributed by atoms with van der Waals surface area (Å²) in [4.78, 5) is 16.1. The second-order valence-corrected chi connectivity index (χ2v) is 8.85. The van der Waals surface area contributed by atoms with E-state index in [1.807, 2.05) is 0 Å². The number of ether oxygens (including phenoxy) is 2. The molecule has 2 aliphatic carbocycles. The minimum absolute atomic E-state index is 0.109. The molecule has 0 spiro atoms. The fourth-order valence-corrected chi connectivity index (χ4v) is 5.27. The van der Waals surface area contributed by atoms with E-state index < -0.39 is 0 Å². The van der Waals surface area contributed by atoms with Crippen LogP contribution in [0.3, 0.4) is 0 Å². The Kier molecular flexibility index (Phi) is 5.30. The number of aromatic nitrogens is 2. The summed E-state index contributed by atoms with van der Waals surface area (Å²) < 4.78 is 14.1. The lowest BCUT2D eigenvalue weighted by molar-refractivity contribution is 0.143. The first-order valence-corrected chi connectivity index (χ1v) is 11.3. The van der Waals surface area contributed by atoms with E-state index in [2.05, 4.69) is 33.8 Å². The summed E-state index contributed by atoms with van der Waals surface area (Å²) in [5.41, 5.74) is 2.33. The van der Waals surface area contributed by atoms with Crippen LogP contribution in [0.5, 0.6) is 11.8 Å². The highest BCUT2D eigenvalue weighted by Crippen LogP contribution is 2.36. The highest BCUT2D eigenvalue weighted by molar-refractivity contribution is 5.30. The van der Waals surface area contributed by atoms with Gasteiger partial charge in [0.25, 0.3) is 11.6 Å². The van der Waals surface area contributed by atoms with Crippen LogP contribution in [-0.4, -0.2) is 22.3 Å². The number of nitrogens with zero attached hydrogens (tertiary/aromatic N) is 2. The van der Waals surface area contributed by atoms with Gasteiger partial charge in [-0.25, -0.2) is 0 Å². The van der Waals surface area contributed by atoms with Gasteiger partial charge in [0, 0.05) is 11.8 Å². The van der Waals surface area contributed by atoms with Crippen LogP contribution in [0, 0.1) is 0 Å². The van der Waals surface area contributed by atoms with Crippen LogP contribution >= 0.6 is 0 Å². The lowest BCUT2D eigenvalue weighted by Gasteiger charge is -2.22. The van der Waals surface area contributed by atoms with Gasteiger partial charge in [0.1, 0.15) is 12.4 Å². The molecule has 1 unspecified atom stereocenters. The van der Waals surface area contributed by atoms with Crippen LogP contribution in [0.15, 0.2) is 35.1 Å². The van der Waals surface area contributed by atoms with Gasteiger partial charge in [-0.1, -0.05) is 44.2 Å². The van der Waals surface area contributed by atoms with Crippen LogP contribution in [-0.2, 0) is 6.54 Å². The van der Waals surface area contributed by atoms with Crippen molar-refractivity contribution in [1.82, 2.24) is 9.55 Å². The zero-order valence-electron chi connectivity index (χ0n) is 17.0. The fraction of sp³-hybridized carbons (Fsp3) is 0.583. The first kappa shape index (κ1) is 18.7. The number of fused-ring (bicyclic) bond motifs is 1. The van der Waals surface area contributed by atoms with E-state index in [1.54, 1.807) is 6.07 Å². The maximum Gasteiger partial charge on any atom is 0.300 e. The maximum absolute atomic E-state index is 12.0. The Hall–Kier alpha value is -2.30. The molecule has 5 nitrogen and oxygen atoms in total. The molecule has 2 fully saturated rings. The van der Waals surface area contributed by atoms with Gasteiger partial charge >= 0.3 is 0 Å². The molecule has 0 saturated heterocycles. The van der Waals surface area contributed by atoms with Gasteiger partial charge in [-0.15, -0.1) is 0 Å². The van der Waals surface area contributed by atoms with Crippen molar-refractivity contribution in [3.05, 3.63) is 51.9 Å². The Labute approximate surface area is 172 Å². The molecule has 1 atom stereocenters. The summed E-state index contributed by atoms with van der Waals surface area (Å²) >= 11 is 0. The standard InChI is InChI=1S/C24H30N2O3/c27-23-14-22(19-8-4-5-9-19)26-15-21(29-24(26)25-23)16-28-20-12-10-18(11-13-20)17-6-2-1-3-7-17/h10-14,17,19,21H,1-9,15-16H2. The first-order valence-electron chi connectivity index (χ1n) is 11.3. The van der Waals surface area contributed by atoms with Crippen LogP contribution in [0.2, 0.25) is 0 Å². The third-order valence-corrected chi connectivity index (χ3v) is 6.84. The Morgan fingerprint density at radius 1 is 0.966 bits per heavy atom. The van der Waals surface area contributed by atoms with Gasteiger partial charge in [-0.2, -0.15) is 4.98 Å². The van der Waals surface area contributed by atoms with Crippen molar-refractivity contribution in [3.63, 3.8) is 0 Å². The molecule has 2 saturated carbocycles. The van der Waals surface area contributed by atoms with Gasteiger partial charge in [-0.3, -0.25) is 9.36 Å². The molecule has 5 rings (SSSR count). The molecule has 1 aliphatic heterocycles. The molecule has 3 aliphatic rings. The molecule has 0 bridgehead atoms. The van der Waals surface area contributed by atoms with Crippen LogP contribution in [0.25, 0.3) is 0 Å². The smallest absolute Gasteiger partial charge is 0.300 e. The van der Waals surface area contributed by atoms with E-state index >= 15 is 0 Å². The molecule has 154 valence electrons. The monoisotopic (exact) mass is 394 g/mol. The summed E-state index contributed by atoms with van der Waals surface area (Å²) in [6, 6.07) is 10.8. The normalized spacial score (nSPS) is 22.4. The van der Waals surface area contributed by atoms with Crippen molar-refractivity contribution in [1.29, 1.82) is 0 Å². The minimum Gasteiger partial charge on any atom is -0.490 e. The van der Waals surface area contributed by atoms with Gasteiger partial charge < -0.3 is 9.47 Å². The third-order valence-electron chi connectivity index (χ3n) is 6.84. The number of benzene rings is 1. The zero-order chi connectivity index (χ0) is 19.6. The SMILES string of the molecule is O=c1cc(C2CCCC2)n2c(n1)OC(COc1ccc(C3CCCCC3)cc1)C2. The summed E-state index contributed by atoms with van der Waals surface area (Å²) in [5.74, 6) is 2.05. The summed E-state index contributed by atoms with van der Waals surface area (Å²) in [6.07, 6.45) is 11.4. The second-order valence-electron chi connectivity index (χ2n) is 8.85. The van der Waals surface area contributed by atoms with Gasteiger partial charge in [-0.05, 0) is 55.2 Å². The molecule has 2 aromatic rings. The Bertz CT molecular complexity index is 893. The van der Waals surface area contributed by atoms with E-state index in [4.69, 9.17) is 9.47 Å². The zero-order valence-corrected chi connectivity index (χ0v) is 17.0. The van der Waals surface area contributed by atoms with E-state index in [-0.39, 0.29) is 11.7 Å². The van der Waals surface area contributed by atoms with Crippen molar-refractivity contribution in [2.75, 3.05) is 6.61 Å². The third kappa shape index (κ3) is 4.05.